The van der Waals surface area contributed by atoms with Gasteiger partial charge in [-0.3, -0.25) is 37.3 Å². The molecule has 17 nitrogen and oxygen atoms in total. The molecular weight excluding hydrogens is 1150 g/mol. The van der Waals surface area contributed by atoms with E-state index >= 15 is 0 Å². The van der Waals surface area contributed by atoms with Gasteiger partial charge in [0, 0.05) is 25.7 Å². The summed E-state index contributed by atoms with van der Waals surface area (Å²) in [4.78, 5) is 72.4. The van der Waals surface area contributed by atoms with Crippen LogP contribution in [0, 0.1) is 23.7 Å². The minimum atomic E-state index is -4.95. The Balaban J connectivity index is 5.25. The van der Waals surface area contributed by atoms with Crippen molar-refractivity contribution < 1.29 is 80.2 Å². The molecule has 0 amide bonds. The average Bonchev–Trinajstić information content (AvgIpc) is 3.66. The number of esters is 4. The zero-order chi connectivity index (χ0) is 64.7. The second-order valence-electron chi connectivity index (χ2n) is 26.2. The van der Waals surface area contributed by atoms with Crippen LogP contribution in [-0.2, 0) is 65.4 Å². The van der Waals surface area contributed by atoms with Crippen molar-refractivity contribution in [2.75, 3.05) is 39.6 Å². The molecule has 0 aliphatic heterocycles. The van der Waals surface area contributed by atoms with Crippen molar-refractivity contribution in [1.29, 1.82) is 0 Å². The van der Waals surface area contributed by atoms with Crippen LogP contribution < -0.4 is 0 Å². The van der Waals surface area contributed by atoms with Crippen molar-refractivity contribution in [3.63, 3.8) is 0 Å². The maximum atomic E-state index is 13.0. The second kappa shape index (κ2) is 57.9. The van der Waals surface area contributed by atoms with Crippen molar-refractivity contribution in [1.82, 2.24) is 0 Å². The van der Waals surface area contributed by atoms with Gasteiger partial charge in [0.25, 0.3) is 0 Å². The molecule has 0 aromatic rings. The third-order valence-electron chi connectivity index (χ3n) is 15.9. The molecule has 0 fully saturated rings. The monoisotopic (exact) mass is 1280 g/mol. The van der Waals surface area contributed by atoms with Gasteiger partial charge in [-0.15, -0.1) is 0 Å². The predicted molar refractivity (Wildman–Crippen MR) is 349 cm³/mol. The molecule has 0 radical (unpaired) electrons. The third-order valence-corrected chi connectivity index (χ3v) is 17.8. The third kappa shape index (κ3) is 61.3. The van der Waals surface area contributed by atoms with E-state index in [4.69, 9.17) is 37.0 Å². The van der Waals surface area contributed by atoms with Crippen LogP contribution in [0.25, 0.3) is 0 Å². The Hall–Kier alpha value is -1.94. The summed E-state index contributed by atoms with van der Waals surface area (Å²) in [6.07, 6.45) is 39.0. The normalized spacial score (nSPS) is 14.6. The molecular formula is C68H132O17P2. The molecule has 0 heterocycles. The molecule has 0 aromatic heterocycles. The quantitative estimate of drug-likeness (QED) is 0.0222. The highest BCUT2D eigenvalue weighted by atomic mass is 31.2. The van der Waals surface area contributed by atoms with Gasteiger partial charge in [0.2, 0.25) is 0 Å². The van der Waals surface area contributed by atoms with Gasteiger partial charge in [0.1, 0.15) is 19.3 Å². The van der Waals surface area contributed by atoms with E-state index in [-0.39, 0.29) is 25.7 Å². The summed E-state index contributed by atoms with van der Waals surface area (Å²) in [5.41, 5.74) is 0. The van der Waals surface area contributed by atoms with Crippen molar-refractivity contribution in [3.8, 4) is 0 Å². The van der Waals surface area contributed by atoms with Crippen molar-refractivity contribution in [3.05, 3.63) is 0 Å². The van der Waals surface area contributed by atoms with Crippen molar-refractivity contribution in [2.24, 2.45) is 23.7 Å². The number of hydrogen-bond donors (Lipinski definition) is 3. The largest absolute Gasteiger partial charge is 0.472 e. The Bertz CT molecular complexity index is 1730. The number of phosphoric acid groups is 2. The molecule has 0 rings (SSSR count). The van der Waals surface area contributed by atoms with Gasteiger partial charge in [-0.25, -0.2) is 9.13 Å². The van der Waals surface area contributed by atoms with Crippen LogP contribution in [0.15, 0.2) is 0 Å². The summed E-state index contributed by atoms with van der Waals surface area (Å²) in [5, 5.41) is 10.6. The number of carbonyl (C=O) groups is 4. The van der Waals surface area contributed by atoms with Crippen LogP contribution in [-0.4, -0.2) is 96.7 Å². The van der Waals surface area contributed by atoms with E-state index in [1.54, 1.807) is 0 Å². The summed E-state index contributed by atoms with van der Waals surface area (Å²) < 4.78 is 68.2. The lowest BCUT2D eigenvalue weighted by molar-refractivity contribution is -0.161. The lowest BCUT2D eigenvalue weighted by atomic mass is 10.00. The van der Waals surface area contributed by atoms with E-state index in [0.29, 0.717) is 25.7 Å². The Morgan fingerprint density at radius 2 is 0.552 bits per heavy atom. The highest BCUT2D eigenvalue weighted by molar-refractivity contribution is 7.47. The number of aliphatic hydroxyl groups excluding tert-OH is 1. The van der Waals surface area contributed by atoms with Crippen LogP contribution in [0.1, 0.15) is 331 Å². The number of rotatable bonds is 65. The molecule has 0 spiro atoms. The Labute approximate surface area is 530 Å². The summed E-state index contributed by atoms with van der Waals surface area (Å²) in [7, 11) is -9.90. The van der Waals surface area contributed by atoms with Gasteiger partial charge in [0.15, 0.2) is 12.2 Å². The van der Waals surface area contributed by atoms with Gasteiger partial charge in [-0.2, -0.15) is 0 Å². The standard InChI is InChI=1S/C68H132O17P2/c1-9-61(8)47-39-31-26-27-33-41-49-66(71)79-55-64(84-67(72)50-42-34-24-15-13-11-10-12-14-20-28-36-44-58(2)3)57-83-87(76,77)81-53-62(69)52-80-86(74,75)82-56-63(85-68(73)51-43-35-25-19-17-22-30-38-46-60(6)7)54-78-65(70)48-40-32-23-18-16-21-29-37-45-59(4)5/h58-64,69H,9-57H2,1-8H3,(H,74,75)(H,76,77)/t61?,62-,63-,64-/m1/s1. The second-order valence-corrected chi connectivity index (χ2v) is 29.1. The average molecular weight is 1280 g/mol. The van der Waals surface area contributed by atoms with Gasteiger partial charge in [0.05, 0.1) is 26.4 Å². The first-order valence-electron chi connectivity index (χ1n) is 35.2. The van der Waals surface area contributed by atoms with Crippen molar-refractivity contribution in [2.45, 2.75) is 350 Å². The fourth-order valence-corrected chi connectivity index (χ4v) is 11.7. The van der Waals surface area contributed by atoms with Crippen LogP contribution in [0.3, 0.4) is 0 Å². The van der Waals surface area contributed by atoms with E-state index in [9.17, 15) is 43.2 Å². The van der Waals surface area contributed by atoms with Gasteiger partial charge in [-0.05, 0) is 49.4 Å². The summed E-state index contributed by atoms with van der Waals surface area (Å²) in [6, 6.07) is 0. The van der Waals surface area contributed by atoms with Crippen LogP contribution >= 0.6 is 15.6 Å². The van der Waals surface area contributed by atoms with Gasteiger partial charge in [-0.1, -0.05) is 280 Å². The summed E-state index contributed by atoms with van der Waals surface area (Å²) >= 11 is 0. The van der Waals surface area contributed by atoms with E-state index in [0.717, 1.165) is 120 Å². The number of carbonyl (C=O) groups excluding carboxylic acids is 4. The van der Waals surface area contributed by atoms with Crippen LogP contribution in [0.2, 0.25) is 0 Å². The first kappa shape index (κ1) is 85.1. The lowest BCUT2D eigenvalue weighted by Gasteiger charge is -2.21. The van der Waals surface area contributed by atoms with Crippen LogP contribution in [0.4, 0.5) is 0 Å². The van der Waals surface area contributed by atoms with E-state index in [1.165, 1.54) is 128 Å². The maximum absolute atomic E-state index is 13.0. The predicted octanol–water partition coefficient (Wildman–Crippen LogP) is 18.9. The smallest absolute Gasteiger partial charge is 0.462 e. The molecule has 19 heteroatoms. The highest BCUT2D eigenvalue weighted by Gasteiger charge is 2.30. The molecule has 6 atom stereocenters. The zero-order valence-electron chi connectivity index (χ0n) is 56.6. The number of unbranched alkanes of at least 4 members (excludes halogenated alkanes) is 30. The molecule has 3 unspecified atom stereocenters. The molecule has 87 heavy (non-hydrogen) atoms. The minimum Gasteiger partial charge on any atom is -0.462 e. The van der Waals surface area contributed by atoms with E-state index in [1.807, 2.05) is 0 Å². The Morgan fingerprint density at radius 3 is 0.816 bits per heavy atom. The Kier molecular flexibility index (Phi) is 56.6. The molecule has 0 saturated heterocycles. The van der Waals surface area contributed by atoms with Crippen LogP contribution in [0.5, 0.6) is 0 Å². The number of aliphatic hydroxyl groups is 1. The fraction of sp³-hybridized carbons (Fsp3) is 0.941. The Morgan fingerprint density at radius 1 is 0.322 bits per heavy atom. The molecule has 516 valence electrons. The topological polar surface area (TPSA) is 237 Å². The molecule has 0 bridgehead atoms. The lowest BCUT2D eigenvalue weighted by Crippen LogP contribution is -2.30. The van der Waals surface area contributed by atoms with Crippen molar-refractivity contribution >= 4 is 39.5 Å². The SMILES string of the molecule is CCC(C)CCCCCCCCC(=O)OC[C@H](COP(=O)(O)OC[C@H](O)COP(=O)(O)OC[C@@H](COC(=O)CCCCCCCCCCC(C)C)OC(=O)CCCCCCCCCCC(C)C)OC(=O)CCCCCCCCCCCCCCC(C)C. The first-order valence-corrected chi connectivity index (χ1v) is 38.2. The number of phosphoric ester groups is 2. The van der Waals surface area contributed by atoms with Gasteiger partial charge >= 0.3 is 39.5 Å². The molecule has 0 aliphatic carbocycles. The number of ether oxygens (including phenoxy) is 4. The zero-order valence-corrected chi connectivity index (χ0v) is 58.4. The minimum absolute atomic E-state index is 0.103. The highest BCUT2D eigenvalue weighted by Crippen LogP contribution is 2.45. The molecule has 0 aliphatic rings. The van der Waals surface area contributed by atoms with E-state index < -0.39 is 97.5 Å². The fourth-order valence-electron chi connectivity index (χ4n) is 10.1. The number of hydrogen-bond acceptors (Lipinski definition) is 15. The van der Waals surface area contributed by atoms with Gasteiger partial charge < -0.3 is 33.8 Å². The summed E-state index contributed by atoms with van der Waals surface area (Å²) in [6.45, 7) is 14.0. The molecule has 3 N–H and O–H groups in total. The first-order chi connectivity index (χ1) is 41.6. The molecule has 0 aromatic carbocycles. The molecule has 0 saturated carbocycles. The van der Waals surface area contributed by atoms with E-state index in [2.05, 4.69) is 55.4 Å². The summed E-state index contributed by atoms with van der Waals surface area (Å²) in [5.74, 6) is 0.817. The maximum Gasteiger partial charge on any atom is 0.472 e.